The van der Waals surface area contributed by atoms with E-state index in [1.807, 2.05) is 13.8 Å². The summed E-state index contributed by atoms with van der Waals surface area (Å²) in [7, 11) is 0. The molecule has 0 aromatic heterocycles. The molecule has 0 saturated heterocycles. The quantitative estimate of drug-likeness (QED) is 0.787. The number of halogens is 1. The first-order valence-corrected chi connectivity index (χ1v) is 6.28. The molecule has 3 N–H and O–H groups in total. The molecule has 1 aromatic rings. The van der Waals surface area contributed by atoms with Crippen molar-refractivity contribution in [2.45, 2.75) is 32.9 Å². The van der Waals surface area contributed by atoms with Crippen molar-refractivity contribution in [3.05, 3.63) is 28.8 Å². The van der Waals surface area contributed by atoms with Crippen LogP contribution in [0.1, 0.15) is 31.1 Å². The molecule has 1 unspecified atom stereocenters. The van der Waals surface area contributed by atoms with Gasteiger partial charge in [0.2, 0.25) is 5.91 Å². The maximum atomic E-state index is 11.9. The van der Waals surface area contributed by atoms with E-state index in [4.69, 9.17) is 11.6 Å². The van der Waals surface area contributed by atoms with Crippen LogP contribution in [0.2, 0.25) is 5.02 Å². The van der Waals surface area contributed by atoms with Gasteiger partial charge >= 0.3 is 0 Å². The summed E-state index contributed by atoms with van der Waals surface area (Å²) in [6, 6.07) is 3.44. The number of amides is 2. The minimum absolute atomic E-state index is 0.00794. The maximum Gasteiger partial charge on any atom is 0.255 e. The Labute approximate surface area is 117 Å². The number of benzene rings is 1. The third kappa shape index (κ3) is 4.44. The average Bonchev–Trinajstić information content (AvgIpc) is 2.31. The maximum absolute atomic E-state index is 11.9. The van der Waals surface area contributed by atoms with Crippen molar-refractivity contribution in [1.29, 1.82) is 0 Å². The lowest BCUT2D eigenvalue weighted by Gasteiger charge is -2.16. The SMILES string of the molecule is CC(C)NC(=O)C(C)NC(=O)c1cc(Cl)ccc1O. The van der Waals surface area contributed by atoms with Gasteiger partial charge in [-0.05, 0) is 39.0 Å². The smallest absolute Gasteiger partial charge is 0.255 e. The zero-order chi connectivity index (χ0) is 14.6. The topological polar surface area (TPSA) is 78.4 Å². The highest BCUT2D eigenvalue weighted by Crippen LogP contribution is 2.21. The standard InChI is InChI=1S/C13H17ClN2O3/c1-7(2)15-12(18)8(3)16-13(19)10-6-9(14)4-5-11(10)17/h4-8,17H,1-3H3,(H,15,18)(H,16,19). The van der Waals surface area contributed by atoms with Crippen molar-refractivity contribution in [2.75, 3.05) is 0 Å². The van der Waals surface area contributed by atoms with Crippen molar-refractivity contribution < 1.29 is 14.7 Å². The molecule has 0 bridgehead atoms. The zero-order valence-electron chi connectivity index (χ0n) is 11.0. The molecule has 0 fully saturated rings. The molecule has 1 aromatic carbocycles. The first-order chi connectivity index (χ1) is 8.81. The van der Waals surface area contributed by atoms with Gasteiger partial charge < -0.3 is 15.7 Å². The van der Waals surface area contributed by atoms with Crippen LogP contribution in [0, 0.1) is 0 Å². The summed E-state index contributed by atoms with van der Waals surface area (Å²) in [6.07, 6.45) is 0. The number of nitrogens with one attached hydrogen (secondary N) is 2. The summed E-state index contributed by atoms with van der Waals surface area (Å²) >= 11 is 5.76. The van der Waals surface area contributed by atoms with Gasteiger partial charge in [-0.3, -0.25) is 9.59 Å². The molecule has 0 aliphatic carbocycles. The largest absolute Gasteiger partial charge is 0.507 e. The summed E-state index contributed by atoms with van der Waals surface area (Å²) in [5.41, 5.74) is 0.0386. The Kier molecular flexibility index (Phi) is 5.18. The van der Waals surface area contributed by atoms with Crippen LogP contribution >= 0.6 is 11.6 Å². The fourth-order valence-electron chi connectivity index (χ4n) is 1.44. The fourth-order valence-corrected chi connectivity index (χ4v) is 1.61. The molecule has 0 radical (unpaired) electrons. The van der Waals surface area contributed by atoms with Gasteiger partial charge in [-0.25, -0.2) is 0 Å². The average molecular weight is 285 g/mol. The number of aromatic hydroxyl groups is 1. The Hall–Kier alpha value is -1.75. The van der Waals surface area contributed by atoms with Gasteiger partial charge in [0.05, 0.1) is 5.56 Å². The number of hydrogen-bond donors (Lipinski definition) is 3. The second-order valence-corrected chi connectivity index (χ2v) is 4.96. The van der Waals surface area contributed by atoms with Gasteiger partial charge in [0, 0.05) is 11.1 Å². The second-order valence-electron chi connectivity index (χ2n) is 4.52. The molecular formula is C13H17ClN2O3. The number of hydrogen-bond acceptors (Lipinski definition) is 3. The van der Waals surface area contributed by atoms with Crippen LogP contribution in [0.5, 0.6) is 5.75 Å². The minimum Gasteiger partial charge on any atom is -0.507 e. The van der Waals surface area contributed by atoms with Crippen LogP contribution in [-0.2, 0) is 4.79 Å². The molecule has 5 nitrogen and oxygen atoms in total. The summed E-state index contributed by atoms with van der Waals surface area (Å²) in [4.78, 5) is 23.6. The summed E-state index contributed by atoms with van der Waals surface area (Å²) in [5.74, 6) is -1.02. The number of phenolic OH excluding ortho intramolecular Hbond substituents is 1. The van der Waals surface area contributed by atoms with Crippen LogP contribution in [0.25, 0.3) is 0 Å². The second kappa shape index (κ2) is 6.43. The van der Waals surface area contributed by atoms with Crippen LogP contribution in [0.3, 0.4) is 0 Å². The molecule has 6 heteroatoms. The van der Waals surface area contributed by atoms with E-state index >= 15 is 0 Å². The number of carbonyl (C=O) groups is 2. The first kappa shape index (κ1) is 15.3. The number of carbonyl (C=O) groups excluding carboxylic acids is 2. The number of phenols is 1. The Morgan fingerprint density at radius 3 is 2.42 bits per heavy atom. The molecule has 2 amide bonds. The lowest BCUT2D eigenvalue weighted by Crippen LogP contribution is -2.46. The molecule has 0 saturated carbocycles. The van der Waals surface area contributed by atoms with Crippen molar-refractivity contribution in [1.82, 2.24) is 10.6 Å². The molecular weight excluding hydrogens is 268 g/mol. The molecule has 0 spiro atoms. The predicted octanol–water partition coefficient (Wildman–Crippen LogP) is 1.69. The van der Waals surface area contributed by atoms with Gasteiger partial charge in [0.15, 0.2) is 0 Å². The lowest BCUT2D eigenvalue weighted by molar-refractivity contribution is -0.123. The lowest BCUT2D eigenvalue weighted by atomic mass is 10.1. The minimum atomic E-state index is -0.701. The third-order valence-electron chi connectivity index (χ3n) is 2.38. The first-order valence-electron chi connectivity index (χ1n) is 5.91. The van der Waals surface area contributed by atoms with Crippen LogP contribution in [0.15, 0.2) is 18.2 Å². The Balaban J connectivity index is 2.74. The molecule has 0 aliphatic heterocycles. The molecule has 0 aliphatic rings. The summed E-state index contributed by atoms with van der Waals surface area (Å²) < 4.78 is 0. The molecule has 19 heavy (non-hydrogen) atoms. The Bertz CT molecular complexity index is 489. The summed E-state index contributed by atoms with van der Waals surface area (Å²) in [5, 5.41) is 15.1. The van der Waals surface area contributed by atoms with E-state index < -0.39 is 11.9 Å². The molecule has 104 valence electrons. The van der Waals surface area contributed by atoms with Gasteiger partial charge in [-0.15, -0.1) is 0 Å². The van der Waals surface area contributed by atoms with Crippen molar-refractivity contribution >= 4 is 23.4 Å². The fraction of sp³-hybridized carbons (Fsp3) is 0.385. The number of rotatable bonds is 4. The monoisotopic (exact) mass is 284 g/mol. The highest BCUT2D eigenvalue weighted by molar-refractivity contribution is 6.31. The van der Waals surface area contributed by atoms with Crippen molar-refractivity contribution in [2.24, 2.45) is 0 Å². The van der Waals surface area contributed by atoms with Gasteiger partial charge in [0.1, 0.15) is 11.8 Å². The van der Waals surface area contributed by atoms with Crippen molar-refractivity contribution in [3.8, 4) is 5.75 Å². The zero-order valence-corrected chi connectivity index (χ0v) is 11.8. The summed E-state index contributed by atoms with van der Waals surface area (Å²) in [6.45, 7) is 5.22. The Morgan fingerprint density at radius 2 is 1.84 bits per heavy atom. The third-order valence-corrected chi connectivity index (χ3v) is 2.61. The molecule has 1 rings (SSSR count). The predicted molar refractivity (Wildman–Crippen MR) is 73.3 cm³/mol. The highest BCUT2D eigenvalue weighted by atomic mass is 35.5. The van der Waals surface area contributed by atoms with Crippen LogP contribution in [0.4, 0.5) is 0 Å². The van der Waals surface area contributed by atoms with E-state index in [1.165, 1.54) is 18.2 Å². The van der Waals surface area contributed by atoms with Crippen LogP contribution < -0.4 is 10.6 Å². The van der Waals surface area contributed by atoms with E-state index in [9.17, 15) is 14.7 Å². The van der Waals surface area contributed by atoms with Gasteiger partial charge in [0.25, 0.3) is 5.91 Å². The van der Waals surface area contributed by atoms with E-state index in [1.54, 1.807) is 6.92 Å². The molecule has 0 heterocycles. The van der Waals surface area contributed by atoms with Crippen LogP contribution in [-0.4, -0.2) is 29.0 Å². The van der Waals surface area contributed by atoms with E-state index in [0.29, 0.717) is 5.02 Å². The van der Waals surface area contributed by atoms with E-state index in [-0.39, 0.29) is 23.3 Å². The normalized spacial score (nSPS) is 12.1. The van der Waals surface area contributed by atoms with E-state index in [0.717, 1.165) is 0 Å². The van der Waals surface area contributed by atoms with E-state index in [2.05, 4.69) is 10.6 Å². The Morgan fingerprint density at radius 1 is 1.21 bits per heavy atom. The van der Waals surface area contributed by atoms with Crippen molar-refractivity contribution in [3.63, 3.8) is 0 Å². The molecule has 1 atom stereocenters. The van der Waals surface area contributed by atoms with Gasteiger partial charge in [-0.2, -0.15) is 0 Å². The van der Waals surface area contributed by atoms with Gasteiger partial charge in [-0.1, -0.05) is 11.6 Å². The highest BCUT2D eigenvalue weighted by Gasteiger charge is 2.19.